The average Bonchev–Trinajstić information content (AvgIpc) is 3.48. The molecule has 1 aliphatic carbocycles. The molecule has 0 atom stereocenters. The van der Waals surface area contributed by atoms with Crippen molar-refractivity contribution in [3.05, 3.63) is 71.2 Å². The molecule has 1 fully saturated rings. The Balaban J connectivity index is 1.55. The normalized spacial score (nSPS) is 14.1. The van der Waals surface area contributed by atoms with E-state index < -0.39 is 17.6 Å². The van der Waals surface area contributed by atoms with E-state index in [2.05, 4.69) is 15.2 Å². The van der Waals surface area contributed by atoms with Gasteiger partial charge in [-0.1, -0.05) is 6.07 Å². The minimum absolute atomic E-state index is 0.0696. The molecule has 0 radical (unpaired) electrons. The van der Waals surface area contributed by atoms with Gasteiger partial charge in [0.05, 0.1) is 5.69 Å². The third-order valence-electron chi connectivity index (χ3n) is 5.74. The minimum Gasteiger partial charge on any atom is -0.452 e. The van der Waals surface area contributed by atoms with Gasteiger partial charge >= 0.3 is 6.18 Å². The molecule has 0 spiro atoms. The Morgan fingerprint density at radius 1 is 1.03 bits per heavy atom. The van der Waals surface area contributed by atoms with Crippen LogP contribution in [-0.4, -0.2) is 19.6 Å². The molecule has 0 bridgehead atoms. The van der Waals surface area contributed by atoms with Gasteiger partial charge in [0.25, 0.3) is 0 Å². The predicted molar refractivity (Wildman–Crippen MR) is 114 cm³/mol. The van der Waals surface area contributed by atoms with E-state index in [0.717, 1.165) is 24.6 Å². The Morgan fingerprint density at radius 2 is 1.79 bits per heavy atom. The average molecular weight is 456 g/mol. The van der Waals surface area contributed by atoms with E-state index in [4.69, 9.17) is 4.74 Å². The molecule has 1 saturated carbocycles. The van der Waals surface area contributed by atoms with Crippen molar-refractivity contribution in [1.29, 1.82) is 0 Å². The van der Waals surface area contributed by atoms with Gasteiger partial charge in [-0.05, 0) is 74.1 Å². The summed E-state index contributed by atoms with van der Waals surface area (Å²) in [5.41, 5.74) is 0.0553. The van der Waals surface area contributed by atoms with E-state index in [9.17, 15) is 17.6 Å². The van der Waals surface area contributed by atoms with Gasteiger partial charge in [-0.3, -0.25) is 9.38 Å². The molecule has 4 aromatic rings. The van der Waals surface area contributed by atoms with Crippen LogP contribution in [0.3, 0.4) is 0 Å². The number of halogens is 4. The van der Waals surface area contributed by atoms with Gasteiger partial charge in [0, 0.05) is 18.3 Å². The lowest BCUT2D eigenvalue weighted by atomic mass is 10.0. The molecule has 0 aliphatic heterocycles. The molecule has 170 valence electrons. The minimum atomic E-state index is -4.70. The molecular formula is C24H20F4N4O. The molecule has 5 rings (SSSR count). The van der Waals surface area contributed by atoms with Crippen LogP contribution in [-0.2, 0) is 12.6 Å². The second-order valence-corrected chi connectivity index (χ2v) is 8.34. The van der Waals surface area contributed by atoms with Crippen LogP contribution in [0.4, 0.5) is 17.6 Å². The SMILES string of the molecule is Cc1ccc(Oc2ccc(-c3ccn4c(CC5CC5)nnc4c3C(F)(F)F)cc2F)c(C)n1. The predicted octanol–water partition coefficient (Wildman–Crippen LogP) is 6.31. The second kappa shape index (κ2) is 7.83. The maximum absolute atomic E-state index is 14.9. The van der Waals surface area contributed by atoms with Crippen molar-refractivity contribution >= 4 is 5.65 Å². The number of hydrogen-bond acceptors (Lipinski definition) is 4. The van der Waals surface area contributed by atoms with E-state index >= 15 is 0 Å². The standard InChI is InChI=1S/C24H20F4N4O/c1-13-3-7-19(14(2)29-13)33-20-8-6-16(12-18(20)25)17-9-10-32-21(11-15-4-5-15)30-31-23(32)22(17)24(26,27)28/h3,6-10,12,15H,4-5,11H2,1-2H3. The highest BCUT2D eigenvalue weighted by Gasteiger charge is 2.38. The van der Waals surface area contributed by atoms with Crippen molar-refractivity contribution in [2.75, 3.05) is 0 Å². The van der Waals surface area contributed by atoms with Gasteiger partial charge in [-0.25, -0.2) is 4.39 Å². The Bertz CT molecular complexity index is 1360. The monoisotopic (exact) mass is 456 g/mol. The van der Waals surface area contributed by atoms with Gasteiger partial charge in [0.2, 0.25) is 0 Å². The first-order valence-corrected chi connectivity index (χ1v) is 10.6. The lowest BCUT2D eigenvalue weighted by molar-refractivity contribution is -0.136. The fourth-order valence-corrected chi connectivity index (χ4v) is 3.89. The van der Waals surface area contributed by atoms with Gasteiger partial charge in [-0.15, -0.1) is 10.2 Å². The van der Waals surface area contributed by atoms with Gasteiger partial charge in [0.1, 0.15) is 17.1 Å². The zero-order valence-corrected chi connectivity index (χ0v) is 17.9. The molecule has 1 aliphatic rings. The number of benzene rings is 1. The summed E-state index contributed by atoms with van der Waals surface area (Å²) in [6, 6.07) is 8.49. The van der Waals surface area contributed by atoms with Crippen LogP contribution in [0, 0.1) is 25.6 Å². The van der Waals surface area contributed by atoms with Crippen molar-refractivity contribution in [2.24, 2.45) is 5.92 Å². The largest absolute Gasteiger partial charge is 0.452 e. The van der Waals surface area contributed by atoms with Gasteiger partial charge < -0.3 is 4.74 Å². The van der Waals surface area contributed by atoms with Crippen molar-refractivity contribution < 1.29 is 22.3 Å². The lowest BCUT2D eigenvalue weighted by Gasteiger charge is -2.15. The summed E-state index contributed by atoms with van der Waals surface area (Å²) in [7, 11) is 0. The van der Waals surface area contributed by atoms with Crippen molar-refractivity contribution in [3.63, 3.8) is 0 Å². The number of hydrogen-bond donors (Lipinski definition) is 0. The Morgan fingerprint density at radius 3 is 2.45 bits per heavy atom. The van der Waals surface area contributed by atoms with Crippen LogP contribution in [0.2, 0.25) is 0 Å². The molecular weight excluding hydrogens is 436 g/mol. The number of ether oxygens (including phenoxy) is 1. The highest BCUT2D eigenvalue weighted by molar-refractivity contribution is 5.75. The van der Waals surface area contributed by atoms with Crippen LogP contribution in [0.1, 0.15) is 35.6 Å². The summed E-state index contributed by atoms with van der Waals surface area (Å²) in [5.74, 6) is 0.436. The number of aryl methyl sites for hydroxylation is 2. The number of rotatable bonds is 5. The number of alkyl halides is 3. The molecule has 0 N–H and O–H groups in total. The van der Waals surface area contributed by atoms with Crippen LogP contribution >= 0.6 is 0 Å². The number of aromatic nitrogens is 4. The third kappa shape index (κ3) is 4.15. The van der Waals surface area contributed by atoms with Crippen molar-refractivity contribution in [2.45, 2.75) is 39.3 Å². The number of pyridine rings is 2. The lowest BCUT2D eigenvalue weighted by Crippen LogP contribution is -2.11. The Labute approximate surface area is 187 Å². The van der Waals surface area contributed by atoms with Gasteiger partial charge in [-0.2, -0.15) is 13.2 Å². The fraction of sp³-hybridized carbons (Fsp3) is 0.292. The molecule has 0 saturated heterocycles. The summed E-state index contributed by atoms with van der Waals surface area (Å²) in [6.07, 6.45) is -0.499. The van der Waals surface area contributed by atoms with Crippen LogP contribution in [0.15, 0.2) is 42.6 Å². The molecule has 3 heterocycles. The van der Waals surface area contributed by atoms with Crippen LogP contribution < -0.4 is 4.74 Å². The molecule has 33 heavy (non-hydrogen) atoms. The quantitative estimate of drug-likeness (QED) is 0.330. The Hall–Kier alpha value is -3.49. The van der Waals surface area contributed by atoms with E-state index in [1.54, 1.807) is 19.1 Å². The molecule has 1 aromatic carbocycles. The smallest absolute Gasteiger partial charge is 0.420 e. The van der Waals surface area contributed by atoms with E-state index in [1.807, 2.05) is 6.92 Å². The highest BCUT2D eigenvalue weighted by atomic mass is 19.4. The second-order valence-electron chi connectivity index (χ2n) is 8.34. The zero-order valence-electron chi connectivity index (χ0n) is 17.9. The molecule has 0 amide bonds. The maximum atomic E-state index is 14.9. The van der Waals surface area contributed by atoms with Crippen LogP contribution in [0.25, 0.3) is 16.8 Å². The van der Waals surface area contributed by atoms with Crippen molar-refractivity contribution in [1.82, 2.24) is 19.6 Å². The maximum Gasteiger partial charge on any atom is 0.420 e. The summed E-state index contributed by atoms with van der Waals surface area (Å²) < 4.78 is 64.1. The zero-order chi connectivity index (χ0) is 23.3. The topological polar surface area (TPSA) is 52.3 Å². The van der Waals surface area contributed by atoms with Crippen molar-refractivity contribution in [3.8, 4) is 22.6 Å². The van der Waals surface area contributed by atoms with E-state index in [0.29, 0.717) is 29.6 Å². The van der Waals surface area contributed by atoms with Crippen LogP contribution in [0.5, 0.6) is 11.5 Å². The number of nitrogens with zero attached hydrogens (tertiary/aromatic N) is 4. The first kappa shape index (κ1) is 21.4. The summed E-state index contributed by atoms with van der Waals surface area (Å²) >= 11 is 0. The molecule has 3 aromatic heterocycles. The third-order valence-corrected chi connectivity index (χ3v) is 5.74. The highest BCUT2D eigenvalue weighted by Crippen LogP contribution is 2.41. The molecule has 0 unspecified atom stereocenters. The van der Waals surface area contributed by atoms with E-state index in [1.165, 1.54) is 28.8 Å². The fourth-order valence-electron chi connectivity index (χ4n) is 3.89. The summed E-state index contributed by atoms with van der Waals surface area (Å²) in [4.78, 5) is 4.27. The number of fused-ring (bicyclic) bond motifs is 1. The van der Waals surface area contributed by atoms with Gasteiger partial charge in [0.15, 0.2) is 17.2 Å². The Kier molecular flexibility index (Phi) is 5.07. The van der Waals surface area contributed by atoms with E-state index in [-0.39, 0.29) is 22.5 Å². The molecule has 9 heteroatoms. The summed E-state index contributed by atoms with van der Waals surface area (Å²) in [6.45, 7) is 3.56. The molecule has 5 nitrogen and oxygen atoms in total. The first-order valence-electron chi connectivity index (χ1n) is 10.6. The first-order chi connectivity index (χ1) is 15.7. The summed E-state index contributed by atoms with van der Waals surface area (Å²) in [5, 5.41) is 7.82.